The van der Waals surface area contributed by atoms with E-state index in [0.29, 0.717) is 42.6 Å². The number of hydrogen-bond donors (Lipinski definition) is 1. The average Bonchev–Trinajstić information content (AvgIpc) is 3.07. The second-order valence-corrected chi connectivity index (χ2v) is 8.67. The number of aliphatic carboxylic acids is 1. The monoisotopic (exact) mass is 506 g/mol. The molecule has 1 amide bonds. The van der Waals surface area contributed by atoms with E-state index in [1.807, 2.05) is 44.2 Å². The Morgan fingerprint density at radius 1 is 1.00 bits per heavy atom. The van der Waals surface area contributed by atoms with Gasteiger partial charge < -0.3 is 23.7 Å². The lowest BCUT2D eigenvalue weighted by molar-refractivity contribution is -0.143. The number of carboxylic acid groups (broad SMARTS) is 1. The summed E-state index contributed by atoms with van der Waals surface area (Å²) in [4.78, 5) is 31.1. The zero-order valence-electron chi connectivity index (χ0n) is 21.0. The molecule has 0 aliphatic carbocycles. The van der Waals surface area contributed by atoms with E-state index in [1.54, 1.807) is 37.5 Å². The Bertz CT molecular complexity index is 1250. The summed E-state index contributed by atoms with van der Waals surface area (Å²) in [7, 11) is 1.54. The maximum absolute atomic E-state index is 13.3. The van der Waals surface area contributed by atoms with Crippen LogP contribution in [-0.4, -0.2) is 46.8 Å². The van der Waals surface area contributed by atoms with Crippen LogP contribution < -0.4 is 14.2 Å². The van der Waals surface area contributed by atoms with Crippen LogP contribution >= 0.6 is 0 Å². The number of carbonyl (C=O) groups excluding carboxylic acids is 1. The second-order valence-electron chi connectivity index (χ2n) is 8.67. The van der Waals surface area contributed by atoms with Crippen molar-refractivity contribution in [2.24, 2.45) is 0 Å². The van der Waals surface area contributed by atoms with Crippen molar-refractivity contribution in [1.29, 1.82) is 0 Å². The summed E-state index contributed by atoms with van der Waals surface area (Å²) in [6, 6.07) is 12.3. The summed E-state index contributed by atoms with van der Waals surface area (Å²) in [5.41, 5.74) is 1.64. The summed E-state index contributed by atoms with van der Waals surface area (Å²) in [5.74, 6) is 1.90. The largest absolute Gasteiger partial charge is 0.497 e. The molecular weight excluding hydrogens is 476 g/mol. The third-order valence-corrected chi connectivity index (χ3v) is 6.19. The van der Waals surface area contributed by atoms with Crippen LogP contribution in [0.15, 0.2) is 65.1 Å². The number of hydrogen-bond acceptors (Lipinski definition) is 7. The number of ether oxygens (including phenoxy) is 3. The van der Waals surface area contributed by atoms with E-state index in [-0.39, 0.29) is 6.42 Å². The highest BCUT2D eigenvalue weighted by molar-refractivity contribution is 5.82. The fraction of sp³-hybridized carbons (Fsp3) is 0.321. The van der Waals surface area contributed by atoms with E-state index in [0.717, 1.165) is 17.0 Å². The minimum Gasteiger partial charge on any atom is -0.497 e. The smallest absolute Gasteiger partial charge is 0.416 e. The van der Waals surface area contributed by atoms with Gasteiger partial charge in [0.05, 0.1) is 25.5 Å². The number of methoxy groups -OCH3 is 1. The molecule has 1 aromatic heterocycles. The number of aromatic nitrogens is 1. The normalized spacial score (nSPS) is 17.2. The Kier molecular flexibility index (Phi) is 8.12. The summed E-state index contributed by atoms with van der Waals surface area (Å²) in [6.07, 6.45) is 4.21. The van der Waals surface area contributed by atoms with Crippen molar-refractivity contribution < 1.29 is 33.3 Å². The van der Waals surface area contributed by atoms with Crippen LogP contribution in [0.3, 0.4) is 0 Å². The van der Waals surface area contributed by atoms with Gasteiger partial charge in [-0.05, 0) is 61.7 Å². The SMILES string of the molecule is COc1ccc(OC(=O)N2[C@H](C(=O)O)CC=CC[C@H]2c2ccc(OCCc3nc(C)oc3C)cc2)cc1. The fourth-order valence-electron chi connectivity index (χ4n) is 4.32. The van der Waals surface area contributed by atoms with Crippen LogP contribution in [0.5, 0.6) is 17.2 Å². The average molecular weight is 507 g/mol. The zero-order valence-corrected chi connectivity index (χ0v) is 21.0. The molecule has 0 unspecified atom stereocenters. The van der Waals surface area contributed by atoms with Gasteiger partial charge >= 0.3 is 12.1 Å². The van der Waals surface area contributed by atoms with E-state index in [1.165, 1.54) is 4.90 Å². The van der Waals surface area contributed by atoms with Crippen molar-refractivity contribution in [1.82, 2.24) is 9.88 Å². The van der Waals surface area contributed by atoms with E-state index in [9.17, 15) is 14.7 Å². The Hall–Kier alpha value is -4.27. The lowest BCUT2D eigenvalue weighted by atomic mass is 10.0. The molecule has 0 fully saturated rings. The molecule has 37 heavy (non-hydrogen) atoms. The highest BCUT2D eigenvalue weighted by Gasteiger charge is 2.37. The van der Waals surface area contributed by atoms with Gasteiger partial charge in [-0.3, -0.25) is 4.90 Å². The topological polar surface area (TPSA) is 111 Å². The molecule has 194 valence electrons. The van der Waals surface area contributed by atoms with Crippen LogP contribution in [0.1, 0.15) is 41.8 Å². The van der Waals surface area contributed by atoms with Crippen molar-refractivity contribution in [2.45, 2.75) is 45.2 Å². The number of benzene rings is 2. The van der Waals surface area contributed by atoms with Crippen LogP contribution in [0, 0.1) is 13.8 Å². The Morgan fingerprint density at radius 2 is 1.65 bits per heavy atom. The van der Waals surface area contributed by atoms with Crippen molar-refractivity contribution in [3.63, 3.8) is 0 Å². The Balaban J connectivity index is 1.49. The van der Waals surface area contributed by atoms with Gasteiger partial charge in [-0.25, -0.2) is 14.6 Å². The van der Waals surface area contributed by atoms with E-state index < -0.39 is 24.1 Å². The maximum Gasteiger partial charge on any atom is 0.416 e. The molecule has 9 nitrogen and oxygen atoms in total. The number of carbonyl (C=O) groups is 2. The molecule has 3 aromatic rings. The highest BCUT2D eigenvalue weighted by atomic mass is 16.6. The number of rotatable bonds is 8. The van der Waals surface area contributed by atoms with Crippen molar-refractivity contribution in [3.8, 4) is 17.2 Å². The fourth-order valence-corrected chi connectivity index (χ4v) is 4.32. The quantitative estimate of drug-likeness (QED) is 0.412. The Morgan fingerprint density at radius 3 is 2.27 bits per heavy atom. The van der Waals surface area contributed by atoms with Gasteiger partial charge in [0.15, 0.2) is 5.89 Å². The minimum atomic E-state index is -1.10. The number of oxazole rings is 1. The molecule has 1 N–H and O–H groups in total. The number of aryl methyl sites for hydroxylation is 2. The molecular formula is C28H30N2O7. The molecule has 9 heteroatoms. The third kappa shape index (κ3) is 6.30. The predicted octanol–water partition coefficient (Wildman–Crippen LogP) is 5.27. The molecule has 0 radical (unpaired) electrons. The summed E-state index contributed by atoms with van der Waals surface area (Å²) >= 11 is 0. The minimum absolute atomic E-state index is 0.186. The van der Waals surface area contributed by atoms with Crippen molar-refractivity contribution in [2.75, 3.05) is 13.7 Å². The van der Waals surface area contributed by atoms with Gasteiger partial charge in [0.25, 0.3) is 0 Å². The molecule has 1 aliphatic heterocycles. The van der Waals surface area contributed by atoms with Crippen molar-refractivity contribution in [3.05, 3.63) is 83.6 Å². The van der Waals surface area contributed by atoms with Crippen LogP contribution in [0.25, 0.3) is 0 Å². The number of nitrogens with zero attached hydrogens (tertiary/aromatic N) is 2. The van der Waals surface area contributed by atoms with Gasteiger partial charge in [-0.1, -0.05) is 24.3 Å². The molecule has 2 heterocycles. The van der Waals surface area contributed by atoms with E-state index >= 15 is 0 Å². The summed E-state index contributed by atoms with van der Waals surface area (Å²) < 4.78 is 22.0. The molecule has 0 spiro atoms. The lowest BCUT2D eigenvalue weighted by Crippen LogP contribution is -2.47. The molecule has 2 aromatic carbocycles. The van der Waals surface area contributed by atoms with Crippen LogP contribution in [0.2, 0.25) is 0 Å². The molecule has 4 rings (SSSR count). The van der Waals surface area contributed by atoms with Gasteiger partial charge in [-0.2, -0.15) is 0 Å². The molecule has 0 saturated heterocycles. The first-order chi connectivity index (χ1) is 17.9. The summed E-state index contributed by atoms with van der Waals surface area (Å²) in [6.45, 7) is 4.12. The molecule has 0 bridgehead atoms. The number of amides is 1. The van der Waals surface area contributed by atoms with E-state index in [2.05, 4.69) is 4.98 Å². The van der Waals surface area contributed by atoms with Gasteiger partial charge in [-0.15, -0.1) is 0 Å². The lowest BCUT2D eigenvalue weighted by Gasteiger charge is -2.33. The zero-order chi connectivity index (χ0) is 26.4. The predicted molar refractivity (Wildman–Crippen MR) is 135 cm³/mol. The molecule has 1 aliphatic rings. The maximum atomic E-state index is 13.3. The highest BCUT2D eigenvalue weighted by Crippen LogP contribution is 2.33. The van der Waals surface area contributed by atoms with Crippen LogP contribution in [-0.2, 0) is 11.2 Å². The van der Waals surface area contributed by atoms with Crippen molar-refractivity contribution >= 4 is 12.1 Å². The molecule has 2 atom stereocenters. The van der Waals surface area contributed by atoms with Gasteiger partial charge in [0.1, 0.15) is 29.1 Å². The van der Waals surface area contributed by atoms with Gasteiger partial charge in [0, 0.05) is 13.3 Å². The second kappa shape index (κ2) is 11.6. The van der Waals surface area contributed by atoms with Gasteiger partial charge in [0.2, 0.25) is 0 Å². The standard InChI is InChI=1S/C28H30N2O7/c1-18-24(29-19(2)36-18)16-17-35-22-10-8-20(9-11-22)25-6-4-5-7-26(27(31)32)30(25)28(33)37-23-14-12-21(34-3)13-15-23/h4-5,8-15,25-26H,6-7,16-17H2,1-3H3,(H,31,32)/t25-,26-/m0/s1. The van der Waals surface area contributed by atoms with Crippen LogP contribution in [0.4, 0.5) is 4.79 Å². The first-order valence-corrected chi connectivity index (χ1v) is 12.0. The number of carboxylic acids is 1. The first kappa shape index (κ1) is 25.8. The summed E-state index contributed by atoms with van der Waals surface area (Å²) in [5, 5.41) is 9.91. The Labute approximate surface area is 215 Å². The molecule has 0 saturated carbocycles. The first-order valence-electron chi connectivity index (χ1n) is 12.0. The third-order valence-electron chi connectivity index (χ3n) is 6.19. The van der Waals surface area contributed by atoms with E-state index in [4.69, 9.17) is 18.6 Å².